The first-order chi connectivity index (χ1) is 6.65. The van der Waals surface area contributed by atoms with Crippen LogP contribution in [0.5, 0.6) is 0 Å². The number of aromatic amines is 1. The lowest BCUT2D eigenvalue weighted by molar-refractivity contribution is 1.00. The molecule has 2 nitrogen and oxygen atoms in total. The van der Waals surface area contributed by atoms with E-state index < -0.39 is 0 Å². The predicted molar refractivity (Wildman–Crippen MR) is 63.0 cm³/mol. The summed E-state index contributed by atoms with van der Waals surface area (Å²) >= 11 is 11.8. The second-order valence-corrected chi connectivity index (χ2v) is 3.70. The molecule has 0 amide bonds. The minimum Gasteiger partial charge on any atom is -0.359 e. The van der Waals surface area contributed by atoms with Crippen molar-refractivity contribution < 1.29 is 0 Å². The highest BCUT2D eigenvalue weighted by atomic mass is 35.5. The van der Waals surface area contributed by atoms with Crippen LogP contribution >= 0.6 is 23.2 Å². The fourth-order valence-electron chi connectivity index (χ4n) is 1.02. The van der Waals surface area contributed by atoms with Crippen LogP contribution < -0.4 is 10.6 Å². The molecule has 0 atom stereocenters. The molecule has 76 valence electrons. The molecule has 0 unspecified atom stereocenters. The van der Waals surface area contributed by atoms with Crippen LogP contribution in [-0.2, 0) is 0 Å². The van der Waals surface area contributed by atoms with Crippen molar-refractivity contribution in [1.82, 2.24) is 4.98 Å². The molecule has 0 fully saturated rings. The fourth-order valence-corrected chi connectivity index (χ4v) is 1.61. The van der Waals surface area contributed by atoms with Crippen LogP contribution in [0.2, 0.25) is 0 Å². The summed E-state index contributed by atoms with van der Waals surface area (Å²) in [7, 11) is 0. The normalized spacial score (nSPS) is 14.4. The van der Waals surface area contributed by atoms with Crippen molar-refractivity contribution in [2.45, 2.75) is 19.8 Å². The van der Waals surface area contributed by atoms with Gasteiger partial charge in [0, 0.05) is 12.6 Å². The number of nitrogens with one attached hydrogen (secondary N) is 1. The Bertz CT molecular complexity index is 431. The van der Waals surface area contributed by atoms with Gasteiger partial charge in [0.1, 0.15) is 5.17 Å². The van der Waals surface area contributed by atoms with E-state index in [1.807, 2.05) is 13.0 Å². The molecule has 1 heterocycles. The number of nitrogens with zero attached hydrogens (tertiary/aromatic N) is 1. The zero-order chi connectivity index (χ0) is 10.6. The average Bonchev–Trinajstić information content (AvgIpc) is 2.51. The molecule has 1 aromatic rings. The zero-order valence-corrected chi connectivity index (χ0v) is 9.49. The summed E-state index contributed by atoms with van der Waals surface area (Å²) < 4.78 is 0. The van der Waals surface area contributed by atoms with E-state index in [1.54, 1.807) is 6.20 Å². The zero-order valence-electron chi connectivity index (χ0n) is 7.98. The number of rotatable bonds is 3. The van der Waals surface area contributed by atoms with Crippen molar-refractivity contribution in [2.75, 3.05) is 0 Å². The topological polar surface area (TPSA) is 28.1 Å². The monoisotopic (exact) mass is 230 g/mol. The Morgan fingerprint density at radius 1 is 1.57 bits per heavy atom. The summed E-state index contributed by atoms with van der Waals surface area (Å²) in [6.07, 6.45) is 3.46. The Hall–Kier alpha value is -0.730. The minimum absolute atomic E-state index is 0.360. The molecule has 4 heteroatoms. The van der Waals surface area contributed by atoms with Crippen molar-refractivity contribution in [3.8, 4) is 0 Å². The third-order valence-corrected chi connectivity index (χ3v) is 2.26. The molecule has 0 radical (unpaired) electrons. The van der Waals surface area contributed by atoms with Gasteiger partial charge in [-0.3, -0.25) is 0 Å². The van der Waals surface area contributed by atoms with Crippen LogP contribution in [0.25, 0.3) is 11.7 Å². The minimum atomic E-state index is 0.360. The first-order valence-electron chi connectivity index (χ1n) is 4.40. The van der Waals surface area contributed by atoms with Gasteiger partial charge in [0.2, 0.25) is 0 Å². The highest BCUT2D eigenvalue weighted by Gasteiger charge is 1.96. The van der Waals surface area contributed by atoms with Crippen LogP contribution in [0, 0.1) is 0 Å². The summed E-state index contributed by atoms with van der Waals surface area (Å²) in [5, 5.41) is 2.42. The largest absolute Gasteiger partial charge is 0.359 e. The molecule has 1 aromatic heterocycles. The second-order valence-electron chi connectivity index (χ2n) is 2.91. The quantitative estimate of drug-likeness (QED) is 0.610. The van der Waals surface area contributed by atoms with E-state index >= 15 is 0 Å². The summed E-state index contributed by atoms with van der Waals surface area (Å²) in [5.74, 6) is 0. The van der Waals surface area contributed by atoms with Gasteiger partial charge >= 0.3 is 0 Å². The Labute approximate surface area is 93.0 Å². The van der Waals surface area contributed by atoms with E-state index in [1.165, 1.54) is 0 Å². The van der Waals surface area contributed by atoms with E-state index in [2.05, 4.69) is 16.6 Å². The molecule has 0 saturated carbocycles. The molecule has 1 rings (SSSR count). The molecule has 0 spiro atoms. The van der Waals surface area contributed by atoms with E-state index in [0.717, 1.165) is 23.4 Å². The molecular formula is C10H12Cl2N2. The van der Waals surface area contributed by atoms with Crippen LogP contribution in [0.3, 0.4) is 0 Å². The van der Waals surface area contributed by atoms with Crippen molar-refractivity contribution in [3.05, 3.63) is 22.8 Å². The highest BCUT2D eigenvalue weighted by molar-refractivity contribution is 6.66. The maximum Gasteiger partial charge on any atom is 0.154 e. The van der Waals surface area contributed by atoms with Gasteiger partial charge in [-0.2, -0.15) is 0 Å². The maximum absolute atomic E-state index is 5.96. The Balaban J connectivity index is 3.07. The molecular weight excluding hydrogens is 219 g/mol. The molecule has 0 bridgehead atoms. The van der Waals surface area contributed by atoms with Crippen molar-refractivity contribution >= 4 is 40.1 Å². The van der Waals surface area contributed by atoms with Gasteiger partial charge in [-0.05, 0) is 17.7 Å². The van der Waals surface area contributed by atoms with Crippen molar-refractivity contribution in [1.29, 1.82) is 0 Å². The third-order valence-electron chi connectivity index (χ3n) is 1.72. The fraction of sp³-hybridized carbons (Fsp3) is 0.300. The molecule has 0 aromatic carbocycles. The van der Waals surface area contributed by atoms with E-state index in [4.69, 9.17) is 23.2 Å². The van der Waals surface area contributed by atoms with Gasteiger partial charge < -0.3 is 4.98 Å². The Morgan fingerprint density at radius 3 is 2.79 bits per heavy atom. The lowest BCUT2D eigenvalue weighted by atomic mass is 10.4. The summed E-state index contributed by atoms with van der Waals surface area (Å²) in [6, 6.07) is 1.83. The average molecular weight is 231 g/mol. The van der Waals surface area contributed by atoms with Crippen LogP contribution in [0.1, 0.15) is 19.8 Å². The first kappa shape index (κ1) is 11.3. The standard InChI is InChI=1S/C10H12Cl2N2/c1-3-4-8(11)14-10(12)9-7(2)5-6-13-9/h5-6,13H,2-4H2,1H3/b10-9+,14-8+. The molecule has 1 N–H and O–H groups in total. The SMILES string of the molecule is C=c1cc[nH]/c1=C(Cl)/N=C(/Cl)CCC. The molecule has 0 aliphatic rings. The number of hydrogen-bond acceptors (Lipinski definition) is 1. The molecule has 0 aliphatic carbocycles. The number of halogens is 2. The van der Waals surface area contributed by atoms with E-state index in [9.17, 15) is 0 Å². The van der Waals surface area contributed by atoms with E-state index in [0.29, 0.717) is 10.3 Å². The van der Waals surface area contributed by atoms with Gasteiger partial charge in [-0.1, -0.05) is 36.7 Å². The summed E-state index contributed by atoms with van der Waals surface area (Å²) in [4.78, 5) is 7.02. The third kappa shape index (κ3) is 2.89. The molecule has 0 aliphatic heterocycles. The smallest absolute Gasteiger partial charge is 0.154 e. The maximum atomic E-state index is 5.96. The Morgan fingerprint density at radius 2 is 2.29 bits per heavy atom. The number of hydrogen-bond donors (Lipinski definition) is 1. The van der Waals surface area contributed by atoms with Gasteiger partial charge in [0.05, 0.1) is 5.35 Å². The molecule has 0 saturated heterocycles. The predicted octanol–water partition coefficient (Wildman–Crippen LogP) is 2.17. The van der Waals surface area contributed by atoms with E-state index in [-0.39, 0.29) is 0 Å². The lowest BCUT2D eigenvalue weighted by Gasteiger charge is -1.93. The van der Waals surface area contributed by atoms with Gasteiger partial charge in [-0.15, -0.1) is 0 Å². The second kappa shape index (κ2) is 5.23. The summed E-state index contributed by atoms with van der Waals surface area (Å²) in [6.45, 7) is 5.84. The first-order valence-corrected chi connectivity index (χ1v) is 5.16. The highest BCUT2D eigenvalue weighted by Crippen LogP contribution is 2.06. The van der Waals surface area contributed by atoms with Crippen molar-refractivity contribution in [3.63, 3.8) is 0 Å². The van der Waals surface area contributed by atoms with Gasteiger partial charge in [-0.25, -0.2) is 4.99 Å². The lowest BCUT2D eigenvalue weighted by Crippen LogP contribution is -2.21. The van der Waals surface area contributed by atoms with Crippen LogP contribution in [-0.4, -0.2) is 10.2 Å². The van der Waals surface area contributed by atoms with Crippen LogP contribution in [0.4, 0.5) is 0 Å². The van der Waals surface area contributed by atoms with Crippen molar-refractivity contribution in [2.24, 2.45) is 4.99 Å². The summed E-state index contributed by atoms with van der Waals surface area (Å²) in [5.41, 5.74) is 0. The number of aliphatic imine (C=N–C) groups is 1. The van der Waals surface area contributed by atoms with Gasteiger partial charge in [0.25, 0.3) is 0 Å². The number of H-pyrrole nitrogens is 1. The molecule has 14 heavy (non-hydrogen) atoms. The number of aromatic nitrogens is 1. The Kier molecular flexibility index (Phi) is 4.23. The van der Waals surface area contributed by atoms with Gasteiger partial charge in [0.15, 0.2) is 5.16 Å². The van der Waals surface area contributed by atoms with Crippen LogP contribution in [0.15, 0.2) is 17.3 Å².